The molecule has 1 unspecified atom stereocenters. The minimum Gasteiger partial charge on any atom is -0.376 e. The first-order chi connectivity index (χ1) is 12.6. The highest BCUT2D eigenvalue weighted by atomic mass is 16.5. The Kier molecular flexibility index (Phi) is 6.50. The van der Waals surface area contributed by atoms with Gasteiger partial charge in [-0.2, -0.15) is 0 Å². The van der Waals surface area contributed by atoms with Crippen LogP contribution in [0.5, 0.6) is 0 Å². The highest BCUT2D eigenvalue weighted by Gasteiger charge is 2.18. The van der Waals surface area contributed by atoms with Crippen LogP contribution in [0.15, 0.2) is 24.3 Å². The molecule has 1 aromatic carbocycles. The molecule has 1 atom stereocenters. The molecule has 2 aliphatic rings. The maximum atomic E-state index is 12.1. The van der Waals surface area contributed by atoms with Crippen molar-refractivity contribution in [3.63, 3.8) is 0 Å². The van der Waals surface area contributed by atoms with Crippen molar-refractivity contribution < 1.29 is 14.3 Å². The van der Waals surface area contributed by atoms with Gasteiger partial charge in [0.2, 0.25) is 11.8 Å². The Bertz CT molecular complexity index is 605. The van der Waals surface area contributed by atoms with E-state index < -0.39 is 0 Å². The minimum absolute atomic E-state index is 0.0413. The lowest BCUT2D eigenvalue weighted by atomic mass is 10.2. The van der Waals surface area contributed by atoms with E-state index in [0.29, 0.717) is 19.5 Å². The predicted octanol–water partition coefficient (Wildman–Crippen LogP) is 2.32. The molecular formula is C20H29N3O3. The molecule has 1 aromatic rings. The lowest BCUT2D eigenvalue weighted by Crippen LogP contribution is -2.36. The summed E-state index contributed by atoms with van der Waals surface area (Å²) in [6, 6.07) is 8.07. The Morgan fingerprint density at radius 2 is 1.92 bits per heavy atom. The van der Waals surface area contributed by atoms with Gasteiger partial charge < -0.3 is 19.9 Å². The van der Waals surface area contributed by atoms with Gasteiger partial charge in [-0.25, -0.2) is 0 Å². The number of amides is 2. The standard InChI is InChI=1S/C20H29N3O3/c1-16(24)23(13-10-20(25)21-15-19-5-4-14-26-19)18-8-6-17(7-9-18)22-11-2-3-12-22/h6-9,19H,2-5,10-15H2,1H3,(H,21,25). The number of anilines is 2. The average Bonchev–Trinajstić information content (AvgIpc) is 3.34. The molecule has 142 valence electrons. The van der Waals surface area contributed by atoms with Gasteiger partial charge in [-0.05, 0) is 49.9 Å². The van der Waals surface area contributed by atoms with E-state index in [1.165, 1.54) is 18.5 Å². The maximum Gasteiger partial charge on any atom is 0.223 e. The lowest BCUT2D eigenvalue weighted by molar-refractivity contribution is -0.121. The molecule has 2 heterocycles. The maximum absolute atomic E-state index is 12.1. The van der Waals surface area contributed by atoms with Gasteiger partial charge in [0.05, 0.1) is 6.10 Å². The Morgan fingerprint density at radius 3 is 2.54 bits per heavy atom. The summed E-state index contributed by atoms with van der Waals surface area (Å²) < 4.78 is 5.51. The second kappa shape index (κ2) is 9.03. The molecule has 26 heavy (non-hydrogen) atoms. The third-order valence-corrected chi connectivity index (χ3v) is 5.13. The van der Waals surface area contributed by atoms with E-state index >= 15 is 0 Å². The number of benzene rings is 1. The van der Waals surface area contributed by atoms with E-state index in [9.17, 15) is 9.59 Å². The van der Waals surface area contributed by atoms with Crippen molar-refractivity contribution in [2.24, 2.45) is 0 Å². The van der Waals surface area contributed by atoms with Crippen LogP contribution in [0.4, 0.5) is 11.4 Å². The van der Waals surface area contributed by atoms with E-state index in [1.54, 1.807) is 11.8 Å². The van der Waals surface area contributed by atoms with E-state index in [0.717, 1.165) is 38.2 Å². The summed E-state index contributed by atoms with van der Waals surface area (Å²) in [6.07, 6.45) is 4.97. The van der Waals surface area contributed by atoms with Gasteiger partial charge in [-0.15, -0.1) is 0 Å². The lowest BCUT2D eigenvalue weighted by Gasteiger charge is -2.23. The fourth-order valence-corrected chi connectivity index (χ4v) is 3.62. The number of hydrogen-bond donors (Lipinski definition) is 1. The third kappa shape index (κ3) is 4.97. The molecule has 1 N–H and O–H groups in total. The highest BCUT2D eigenvalue weighted by Crippen LogP contribution is 2.24. The molecule has 0 radical (unpaired) electrons. The summed E-state index contributed by atoms with van der Waals surface area (Å²) >= 11 is 0. The molecule has 2 amide bonds. The molecule has 0 saturated carbocycles. The number of carbonyl (C=O) groups is 2. The van der Waals surface area contributed by atoms with Crippen molar-refractivity contribution in [3.8, 4) is 0 Å². The second-order valence-electron chi connectivity index (χ2n) is 7.07. The first-order valence-electron chi connectivity index (χ1n) is 9.65. The summed E-state index contributed by atoms with van der Waals surface area (Å²) in [4.78, 5) is 28.1. The Morgan fingerprint density at radius 1 is 1.19 bits per heavy atom. The number of rotatable bonds is 7. The van der Waals surface area contributed by atoms with Crippen LogP contribution in [0.2, 0.25) is 0 Å². The largest absolute Gasteiger partial charge is 0.376 e. The van der Waals surface area contributed by atoms with Gasteiger partial charge in [0.15, 0.2) is 0 Å². The topological polar surface area (TPSA) is 61.9 Å². The zero-order chi connectivity index (χ0) is 18.4. The van der Waals surface area contributed by atoms with Crippen molar-refractivity contribution in [1.29, 1.82) is 0 Å². The Hall–Kier alpha value is -2.08. The van der Waals surface area contributed by atoms with Crippen LogP contribution in [0.1, 0.15) is 39.0 Å². The summed E-state index contributed by atoms with van der Waals surface area (Å²) in [5, 5.41) is 2.91. The number of nitrogens with zero attached hydrogens (tertiary/aromatic N) is 2. The van der Waals surface area contributed by atoms with Crippen LogP contribution in [-0.4, -0.2) is 50.7 Å². The molecule has 3 rings (SSSR count). The van der Waals surface area contributed by atoms with Crippen LogP contribution in [-0.2, 0) is 14.3 Å². The zero-order valence-electron chi connectivity index (χ0n) is 15.6. The molecule has 2 fully saturated rings. The second-order valence-corrected chi connectivity index (χ2v) is 7.07. The van der Waals surface area contributed by atoms with Crippen LogP contribution in [0.3, 0.4) is 0 Å². The summed E-state index contributed by atoms with van der Waals surface area (Å²) in [6.45, 7) is 5.46. The monoisotopic (exact) mass is 359 g/mol. The van der Waals surface area contributed by atoms with Crippen molar-refractivity contribution in [2.45, 2.75) is 45.1 Å². The average molecular weight is 359 g/mol. The first-order valence-corrected chi connectivity index (χ1v) is 9.65. The predicted molar refractivity (Wildman–Crippen MR) is 103 cm³/mol. The zero-order valence-corrected chi connectivity index (χ0v) is 15.6. The molecule has 2 aliphatic heterocycles. The van der Waals surface area contributed by atoms with Crippen LogP contribution in [0, 0.1) is 0 Å². The van der Waals surface area contributed by atoms with Crippen LogP contribution < -0.4 is 15.1 Å². The molecule has 0 aromatic heterocycles. The normalized spacial score (nSPS) is 19.6. The van der Waals surface area contributed by atoms with Crippen molar-refractivity contribution in [1.82, 2.24) is 5.32 Å². The van der Waals surface area contributed by atoms with Crippen molar-refractivity contribution >= 4 is 23.2 Å². The van der Waals surface area contributed by atoms with Crippen molar-refractivity contribution in [2.75, 3.05) is 42.6 Å². The van der Waals surface area contributed by atoms with Gasteiger partial charge >= 0.3 is 0 Å². The number of ether oxygens (including phenoxy) is 1. The number of hydrogen-bond acceptors (Lipinski definition) is 4. The van der Waals surface area contributed by atoms with Gasteiger partial charge in [-0.3, -0.25) is 9.59 Å². The fourth-order valence-electron chi connectivity index (χ4n) is 3.62. The van der Waals surface area contributed by atoms with Gasteiger partial charge in [0, 0.05) is 57.5 Å². The minimum atomic E-state index is -0.0501. The summed E-state index contributed by atoms with van der Waals surface area (Å²) in [7, 11) is 0. The molecule has 0 bridgehead atoms. The molecule has 2 saturated heterocycles. The third-order valence-electron chi connectivity index (χ3n) is 5.13. The molecular weight excluding hydrogens is 330 g/mol. The van der Waals surface area contributed by atoms with E-state index in [-0.39, 0.29) is 17.9 Å². The number of carbonyl (C=O) groups excluding carboxylic acids is 2. The van der Waals surface area contributed by atoms with E-state index in [1.807, 2.05) is 12.1 Å². The van der Waals surface area contributed by atoms with E-state index in [4.69, 9.17) is 4.74 Å². The fraction of sp³-hybridized carbons (Fsp3) is 0.600. The molecule has 0 spiro atoms. The SMILES string of the molecule is CC(=O)N(CCC(=O)NCC1CCCO1)c1ccc(N2CCCC2)cc1. The molecule has 6 heteroatoms. The Labute approximate surface area is 155 Å². The summed E-state index contributed by atoms with van der Waals surface area (Å²) in [5.74, 6) is -0.0914. The van der Waals surface area contributed by atoms with E-state index in [2.05, 4.69) is 22.3 Å². The molecule has 6 nitrogen and oxygen atoms in total. The van der Waals surface area contributed by atoms with Gasteiger partial charge in [0.25, 0.3) is 0 Å². The first kappa shape index (κ1) is 18.7. The molecule has 0 aliphatic carbocycles. The van der Waals surface area contributed by atoms with Crippen molar-refractivity contribution in [3.05, 3.63) is 24.3 Å². The quantitative estimate of drug-likeness (QED) is 0.812. The van der Waals surface area contributed by atoms with Crippen LogP contribution >= 0.6 is 0 Å². The smallest absolute Gasteiger partial charge is 0.223 e. The highest BCUT2D eigenvalue weighted by molar-refractivity contribution is 5.92. The van der Waals surface area contributed by atoms with Gasteiger partial charge in [0.1, 0.15) is 0 Å². The van der Waals surface area contributed by atoms with Gasteiger partial charge in [-0.1, -0.05) is 0 Å². The Balaban J connectivity index is 1.51. The van der Waals surface area contributed by atoms with Crippen LogP contribution in [0.25, 0.3) is 0 Å². The number of nitrogens with one attached hydrogen (secondary N) is 1. The summed E-state index contributed by atoms with van der Waals surface area (Å²) in [5.41, 5.74) is 2.04.